The van der Waals surface area contributed by atoms with Gasteiger partial charge < -0.3 is 4.74 Å². The number of hydrogen-bond donors (Lipinski definition) is 0. The number of ether oxygens (including phenoxy) is 1. The summed E-state index contributed by atoms with van der Waals surface area (Å²) < 4.78 is 5.49. The Bertz CT molecular complexity index is 338. The van der Waals surface area contributed by atoms with Crippen LogP contribution < -0.4 is 0 Å². The molecule has 0 aromatic rings. The van der Waals surface area contributed by atoms with Gasteiger partial charge in [-0.2, -0.15) is 0 Å². The van der Waals surface area contributed by atoms with Crippen molar-refractivity contribution >= 4 is 37.6 Å². The molecule has 0 aliphatic heterocycles. The van der Waals surface area contributed by atoms with Crippen LogP contribution in [-0.2, 0) is 9.53 Å². The zero-order valence-corrected chi connectivity index (χ0v) is 11.1. The van der Waals surface area contributed by atoms with Gasteiger partial charge in [-0.15, -0.1) is 0 Å². The molecule has 0 saturated heterocycles. The SMILES string of the molecule is COC1=CC(=CC(C)Br)C=C(Br)C1=O. The number of hydrogen-bond acceptors (Lipinski definition) is 2. The monoisotopic (exact) mass is 320 g/mol. The van der Waals surface area contributed by atoms with Gasteiger partial charge in [0.15, 0.2) is 5.76 Å². The molecule has 76 valence electrons. The van der Waals surface area contributed by atoms with E-state index in [-0.39, 0.29) is 10.6 Å². The van der Waals surface area contributed by atoms with Crippen LogP contribution in [0.3, 0.4) is 0 Å². The highest BCUT2D eigenvalue weighted by Crippen LogP contribution is 2.24. The molecule has 1 rings (SSSR count). The summed E-state index contributed by atoms with van der Waals surface area (Å²) in [6.45, 7) is 2.01. The highest BCUT2D eigenvalue weighted by Gasteiger charge is 2.18. The molecule has 14 heavy (non-hydrogen) atoms. The van der Waals surface area contributed by atoms with Crippen molar-refractivity contribution in [1.29, 1.82) is 0 Å². The van der Waals surface area contributed by atoms with Crippen LogP contribution in [0.5, 0.6) is 0 Å². The first kappa shape index (κ1) is 11.7. The van der Waals surface area contributed by atoms with E-state index >= 15 is 0 Å². The predicted molar refractivity (Wildman–Crippen MR) is 63.6 cm³/mol. The molecule has 4 heteroatoms. The van der Waals surface area contributed by atoms with Crippen LogP contribution in [0.15, 0.2) is 34.0 Å². The Morgan fingerprint density at radius 2 is 2.14 bits per heavy atom. The molecule has 1 aliphatic rings. The van der Waals surface area contributed by atoms with Gasteiger partial charge in [0, 0.05) is 4.83 Å². The highest BCUT2D eigenvalue weighted by molar-refractivity contribution is 9.12. The second-order valence-corrected chi connectivity index (χ2v) is 5.18. The minimum absolute atomic E-state index is 0.119. The molecule has 0 N–H and O–H groups in total. The Labute approximate surface area is 100.0 Å². The summed E-state index contributed by atoms with van der Waals surface area (Å²) in [5.41, 5.74) is 0.956. The maximum absolute atomic E-state index is 11.4. The van der Waals surface area contributed by atoms with Crippen LogP contribution in [0, 0.1) is 0 Å². The van der Waals surface area contributed by atoms with E-state index < -0.39 is 0 Å². The Hall–Kier alpha value is -0.350. The van der Waals surface area contributed by atoms with Crippen LogP contribution in [0.2, 0.25) is 0 Å². The van der Waals surface area contributed by atoms with Crippen LogP contribution in [0.25, 0.3) is 0 Å². The van der Waals surface area contributed by atoms with E-state index in [9.17, 15) is 4.79 Å². The molecular formula is C10H10Br2O2. The normalized spacial score (nSPS) is 21.7. The van der Waals surface area contributed by atoms with E-state index in [0.717, 1.165) is 5.57 Å². The molecule has 1 aliphatic carbocycles. The number of carbonyl (C=O) groups excluding carboxylic acids is 1. The van der Waals surface area contributed by atoms with E-state index in [1.54, 1.807) is 12.2 Å². The Kier molecular flexibility index (Phi) is 4.13. The second-order valence-electron chi connectivity index (χ2n) is 2.88. The molecule has 0 saturated carbocycles. The summed E-state index contributed by atoms with van der Waals surface area (Å²) in [6.07, 6.45) is 5.50. The number of rotatable bonds is 2. The van der Waals surface area contributed by atoms with Crippen LogP contribution >= 0.6 is 31.9 Å². The lowest BCUT2D eigenvalue weighted by Gasteiger charge is -2.11. The lowest BCUT2D eigenvalue weighted by Crippen LogP contribution is -2.09. The zero-order valence-electron chi connectivity index (χ0n) is 7.88. The first-order valence-electron chi connectivity index (χ1n) is 4.08. The van der Waals surface area contributed by atoms with E-state index in [1.807, 2.05) is 13.0 Å². The molecule has 0 heterocycles. The molecule has 0 bridgehead atoms. The van der Waals surface area contributed by atoms with Gasteiger partial charge in [0.1, 0.15) is 0 Å². The number of Topliss-reactive ketones (excluding diaryl/α,β-unsaturated/α-hetero) is 1. The first-order chi connectivity index (χ1) is 6.54. The molecule has 0 spiro atoms. The van der Waals surface area contributed by atoms with E-state index in [2.05, 4.69) is 31.9 Å². The Morgan fingerprint density at radius 1 is 1.50 bits per heavy atom. The minimum atomic E-state index is -0.119. The van der Waals surface area contributed by atoms with Crippen molar-refractivity contribution in [3.8, 4) is 0 Å². The van der Waals surface area contributed by atoms with Crippen molar-refractivity contribution < 1.29 is 9.53 Å². The Morgan fingerprint density at radius 3 is 2.64 bits per heavy atom. The average Bonchev–Trinajstić information content (AvgIpc) is 2.10. The average molecular weight is 322 g/mol. The maximum Gasteiger partial charge on any atom is 0.234 e. The van der Waals surface area contributed by atoms with Crippen molar-refractivity contribution in [3.63, 3.8) is 0 Å². The number of alkyl halides is 1. The van der Waals surface area contributed by atoms with Crippen LogP contribution in [0.4, 0.5) is 0 Å². The fourth-order valence-corrected chi connectivity index (χ4v) is 1.87. The van der Waals surface area contributed by atoms with Crippen LogP contribution in [0.1, 0.15) is 6.92 Å². The lowest BCUT2D eigenvalue weighted by molar-refractivity contribution is -0.114. The summed E-state index contributed by atoms with van der Waals surface area (Å²) in [5.74, 6) is 0.241. The Balaban J connectivity index is 3.02. The third kappa shape index (κ3) is 2.82. The summed E-state index contributed by atoms with van der Waals surface area (Å²) in [6, 6.07) is 0. The van der Waals surface area contributed by atoms with Gasteiger partial charge in [0.2, 0.25) is 5.78 Å². The van der Waals surface area contributed by atoms with Crippen molar-refractivity contribution in [1.82, 2.24) is 0 Å². The molecule has 1 atom stereocenters. The number of carbonyl (C=O) groups is 1. The number of methoxy groups -OCH3 is 1. The fourth-order valence-electron chi connectivity index (χ4n) is 1.10. The van der Waals surface area contributed by atoms with Crippen LogP contribution in [-0.4, -0.2) is 17.7 Å². The minimum Gasteiger partial charge on any atom is -0.493 e. The predicted octanol–water partition coefficient (Wildman–Crippen LogP) is 3.09. The van der Waals surface area contributed by atoms with Gasteiger partial charge in [-0.3, -0.25) is 4.79 Å². The van der Waals surface area contributed by atoms with Crippen molar-refractivity contribution in [2.24, 2.45) is 0 Å². The van der Waals surface area contributed by atoms with Crippen molar-refractivity contribution in [2.75, 3.05) is 7.11 Å². The molecular weight excluding hydrogens is 312 g/mol. The molecule has 1 unspecified atom stereocenters. The van der Waals surface area contributed by atoms with Gasteiger partial charge in [-0.05, 0) is 40.6 Å². The molecule has 0 aromatic heterocycles. The van der Waals surface area contributed by atoms with Gasteiger partial charge in [-0.1, -0.05) is 22.0 Å². The topological polar surface area (TPSA) is 26.3 Å². The summed E-state index contributed by atoms with van der Waals surface area (Å²) in [4.78, 5) is 11.7. The highest BCUT2D eigenvalue weighted by atomic mass is 79.9. The summed E-state index contributed by atoms with van der Waals surface area (Å²) in [5, 5.41) is 0. The van der Waals surface area contributed by atoms with Gasteiger partial charge in [0.05, 0.1) is 11.6 Å². The van der Waals surface area contributed by atoms with Gasteiger partial charge in [-0.25, -0.2) is 0 Å². The second kappa shape index (κ2) is 4.94. The number of ketones is 1. The van der Waals surface area contributed by atoms with E-state index in [4.69, 9.17) is 4.74 Å². The zero-order chi connectivity index (χ0) is 10.7. The summed E-state index contributed by atoms with van der Waals surface area (Å²) in [7, 11) is 1.49. The lowest BCUT2D eigenvalue weighted by atomic mass is 10.1. The molecule has 0 amide bonds. The number of halogens is 2. The molecule has 0 aromatic carbocycles. The quantitative estimate of drug-likeness (QED) is 0.731. The third-order valence-electron chi connectivity index (χ3n) is 1.67. The largest absolute Gasteiger partial charge is 0.493 e. The molecule has 2 nitrogen and oxygen atoms in total. The summed E-state index contributed by atoms with van der Waals surface area (Å²) >= 11 is 6.61. The standard InChI is InChI=1S/C10H10Br2O2/c1-6(11)3-7-4-8(12)10(13)9(5-7)14-2/h3-6H,1-2H3. The van der Waals surface area contributed by atoms with Crippen molar-refractivity contribution in [3.05, 3.63) is 34.0 Å². The third-order valence-corrected chi connectivity index (χ3v) is 2.53. The van der Waals surface area contributed by atoms with Crippen molar-refractivity contribution in [2.45, 2.75) is 11.8 Å². The van der Waals surface area contributed by atoms with Gasteiger partial charge >= 0.3 is 0 Å². The number of allylic oxidation sites excluding steroid dienone is 5. The maximum atomic E-state index is 11.4. The van der Waals surface area contributed by atoms with E-state index in [1.165, 1.54) is 7.11 Å². The van der Waals surface area contributed by atoms with Gasteiger partial charge in [0.25, 0.3) is 0 Å². The molecule has 0 radical (unpaired) electrons. The fraction of sp³-hybridized carbons (Fsp3) is 0.300. The first-order valence-corrected chi connectivity index (χ1v) is 5.79. The molecule has 0 fully saturated rings. The van der Waals surface area contributed by atoms with E-state index in [0.29, 0.717) is 10.2 Å². The smallest absolute Gasteiger partial charge is 0.234 e.